The van der Waals surface area contributed by atoms with Gasteiger partial charge in [0.05, 0.1) is 0 Å². The summed E-state index contributed by atoms with van der Waals surface area (Å²) in [6.07, 6.45) is 1.19. The van der Waals surface area contributed by atoms with Crippen LogP contribution in [0.2, 0.25) is 0 Å². The summed E-state index contributed by atoms with van der Waals surface area (Å²) in [5.74, 6) is 0. The Morgan fingerprint density at radius 3 is 2.36 bits per heavy atom. The van der Waals surface area contributed by atoms with Crippen LogP contribution in [0.5, 0.6) is 0 Å². The molecule has 0 unspecified atom stereocenters. The summed E-state index contributed by atoms with van der Waals surface area (Å²) >= 11 is 0. The Labute approximate surface area is 84.4 Å². The third-order valence-corrected chi connectivity index (χ3v) is 2.27. The fourth-order valence-electron chi connectivity index (χ4n) is 1.71. The molecule has 0 aliphatic carbocycles. The van der Waals surface area contributed by atoms with Gasteiger partial charge in [0.2, 0.25) is 0 Å². The van der Waals surface area contributed by atoms with Crippen molar-refractivity contribution in [1.29, 1.82) is 0 Å². The van der Waals surface area contributed by atoms with Gasteiger partial charge in [0.15, 0.2) is 0 Å². The van der Waals surface area contributed by atoms with Crippen LogP contribution in [0.15, 0.2) is 6.07 Å². The molecule has 0 saturated carbocycles. The Morgan fingerprint density at radius 2 is 1.79 bits per heavy atom. The van der Waals surface area contributed by atoms with Gasteiger partial charge < -0.3 is 10.2 Å². The van der Waals surface area contributed by atoms with E-state index in [9.17, 15) is 0 Å². The average Bonchev–Trinajstić information content (AvgIpc) is 2.11. The van der Waals surface area contributed by atoms with E-state index in [4.69, 9.17) is 10.2 Å². The average molecular weight is 195 g/mol. The van der Waals surface area contributed by atoms with Gasteiger partial charge in [0.25, 0.3) is 0 Å². The van der Waals surface area contributed by atoms with Gasteiger partial charge in [0, 0.05) is 31.0 Å². The minimum Gasteiger partial charge on any atom is -0.396 e. The molecule has 1 aromatic rings. The summed E-state index contributed by atoms with van der Waals surface area (Å²) < 4.78 is 0. The van der Waals surface area contributed by atoms with Crippen LogP contribution in [0.1, 0.15) is 22.5 Å². The second-order valence-corrected chi connectivity index (χ2v) is 3.45. The molecule has 14 heavy (non-hydrogen) atoms. The number of hydrogen-bond donors (Lipinski definition) is 2. The van der Waals surface area contributed by atoms with Crippen molar-refractivity contribution >= 4 is 0 Å². The van der Waals surface area contributed by atoms with Gasteiger partial charge in [-0.25, -0.2) is 0 Å². The summed E-state index contributed by atoms with van der Waals surface area (Å²) in [5, 5.41) is 17.8. The van der Waals surface area contributed by atoms with E-state index >= 15 is 0 Å². The van der Waals surface area contributed by atoms with E-state index in [1.54, 1.807) is 0 Å². The van der Waals surface area contributed by atoms with Gasteiger partial charge >= 0.3 is 0 Å². The molecule has 0 radical (unpaired) electrons. The molecule has 0 atom stereocenters. The molecule has 0 aliphatic rings. The highest BCUT2D eigenvalue weighted by atomic mass is 16.3. The highest BCUT2D eigenvalue weighted by Gasteiger charge is 2.07. The van der Waals surface area contributed by atoms with Crippen LogP contribution < -0.4 is 0 Å². The minimum absolute atomic E-state index is 0.105. The van der Waals surface area contributed by atoms with Crippen molar-refractivity contribution in [3.05, 3.63) is 28.6 Å². The molecule has 3 heteroatoms. The number of rotatable bonds is 4. The molecule has 1 aromatic heterocycles. The summed E-state index contributed by atoms with van der Waals surface area (Å²) in [6.45, 7) is 4.19. The van der Waals surface area contributed by atoms with Crippen molar-refractivity contribution in [2.45, 2.75) is 26.7 Å². The summed E-state index contributed by atoms with van der Waals surface area (Å²) in [6, 6.07) is 2.01. The maximum absolute atomic E-state index is 8.92. The molecule has 2 N–H and O–H groups in total. The first-order valence-electron chi connectivity index (χ1n) is 4.86. The van der Waals surface area contributed by atoms with Gasteiger partial charge in [-0.05, 0) is 37.5 Å². The zero-order valence-electron chi connectivity index (χ0n) is 8.75. The van der Waals surface area contributed by atoms with Crippen molar-refractivity contribution in [3.8, 4) is 0 Å². The van der Waals surface area contributed by atoms with E-state index in [0.717, 1.165) is 22.5 Å². The first-order valence-corrected chi connectivity index (χ1v) is 4.86. The SMILES string of the molecule is Cc1cc(C)c(CCO)c(CCO)n1. The van der Waals surface area contributed by atoms with Crippen molar-refractivity contribution in [3.63, 3.8) is 0 Å². The standard InChI is InChI=1S/C11H17NO2/c1-8-7-9(2)12-11(4-6-14)10(8)3-5-13/h7,13-14H,3-6H2,1-2H3. The van der Waals surface area contributed by atoms with Gasteiger partial charge in [-0.15, -0.1) is 0 Å². The Hall–Kier alpha value is -0.930. The molecule has 0 spiro atoms. The Balaban J connectivity index is 3.07. The van der Waals surface area contributed by atoms with Crippen LogP contribution >= 0.6 is 0 Å². The number of aliphatic hydroxyl groups excluding tert-OH is 2. The van der Waals surface area contributed by atoms with Crippen molar-refractivity contribution in [1.82, 2.24) is 4.98 Å². The van der Waals surface area contributed by atoms with Gasteiger partial charge in [0.1, 0.15) is 0 Å². The van der Waals surface area contributed by atoms with Crippen molar-refractivity contribution in [2.75, 3.05) is 13.2 Å². The first-order chi connectivity index (χ1) is 6.69. The smallest absolute Gasteiger partial charge is 0.0486 e. The highest BCUT2D eigenvalue weighted by molar-refractivity contribution is 5.32. The molecule has 0 aliphatic heterocycles. The molecule has 0 bridgehead atoms. The van der Waals surface area contributed by atoms with E-state index in [-0.39, 0.29) is 13.2 Å². The maximum Gasteiger partial charge on any atom is 0.0486 e. The third kappa shape index (κ3) is 2.53. The minimum atomic E-state index is 0.105. The topological polar surface area (TPSA) is 53.4 Å². The van der Waals surface area contributed by atoms with Gasteiger partial charge in [-0.2, -0.15) is 0 Å². The predicted molar refractivity (Wildman–Crippen MR) is 55.3 cm³/mol. The van der Waals surface area contributed by atoms with Crippen LogP contribution in [0.25, 0.3) is 0 Å². The zero-order chi connectivity index (χ0) is 10.6. The van der Waals surface area contributed by atoms with Crippen molar-refractivity contribution < 1.29 is 10.2 Å². The van der Waals surface area contributed by atoms with E-state index in [0.29, 0.717) is 12.8 Å². The fourth-order valence-corrected chi connectivity index (χ4v) is 1.71. The van der Waals surface area contributed by atoms with Crippen LogP contribution in [-0.4, -0.2) is 28.4 Å². The number of pyridine rings is 1. The number of nitrogens with zero attached hydrogens (tertiary/aromatic N) is 1. The lowest BCUT2D eigenvalue weighted by atomic mass is 10.0. The fraction of sp³-hybridized carbons (Fsp3) is 0.545. The number of hydrogen-bond acceptors (Lipinski definition) is 3. The van der Waals surface area contributed by atoms with Gasteiger partial charge in [-0.1, -0.05) is 0 Å². The highest BCUT2D eigenvalue weighted by Crippen LogP contribution is 2.14. The normalized spacial score (nSPS) is 10.6. The lowest BCUT2D eigenvalue weighted by molar-refractivity contribution is 0.291. The summed E-state index contributed by atoms with van der Waals surface area (Å²) in [7, 11) is 0. The molecular weight excluding hydrogens is 178 g/mol. The monoisotopic (exact) mass is 195 g/mol. The largest absolute Gasteiger partial charge is 0.396 e. The quantitative estimate of drug-likeness (QED) is 0.746. The van der Waals surface area contributed by atoms with Crippen LogP contribution in [-0.2, 0) is 12.8 Å². The van der Waals surface area contributed by atoms with Crippen LogP contribution in [0, 0.1) is 13.8 Å². The number of aliphatic hydroxyl groups is 2. The lowest BCUT2D eigenvalue weighted by Crippen LogP contribution is -2.06. The molecule has 1 heterocycles. The second kappa shape index (κ2) is 5.08. The number of aromatic nitrogens is 1. The summed E-state index contributed by atoms with van der Waals surface area (Å²) in [5.41, 5.74) is 4.11. The molecule has 0 fully saturated rings. The molecule has 1 rings (SSSR count). The van der Waals surface area contributed by atoms with E-state index < -0.39 is 0 Å². The first kappa shape index (κ1) is 11.1. The van der Waals surface area contributed by atoms with Crippen LogP contribution in [0.4, 0.5) is 0 Å². The van der Waals surface area contributed by atoms with Crippen molar-refractivity contribution in [2.24, 2.45) is 0 Å². The Kier molecular flexibility index (Phi) is 4.04. The molecular formula is C11H17NO2. The molecule has 0 amide bonds. The molecule has 0 saturated heterocycles. The van der Waals surface area contributed by atoms with E-state index in [1.165, 1.54) is 0 Å². The van der Waals surface area contributed by atoms with Crippen LogP contribution in [0.3, 0.4) is 0 Å². The molecule has 0 aromatic carbocycles. The zero-order valence-corrected chi connectivity index (χ0v) is 8.75. The van der Waals surface area contributed by atoms with Gasteiger partial charge in [-0.3, -0.25) is 4.98 Å². The molecule has 78 valence electrons. The maximum atomic E-state index is 8.92. The number of aryl methyl sites for hydroxylation is 2. The lowest BCUT2D eigenvalue weighted by Gasteiger charge is -2.11. The molecule has 3 nitrogen and oxygen atoms in total. The second-order valence-electron chi connectivity index (χ2n) is 3.45. The van der Waals surface area contributed by atoms with E-state index in [2.05, 4.69) is 4.98 Å². The third-order valence-electron chi connectivity index (χ3n) is 2.27. The Bertz CT molecular complexity index is 310. The predicted octanol–water partition coefficient (Wildman–Crippen LogP) is 0.768. The Morgan fingerprint density at radius 1 is 1.14 bits per heavy atom. The summed E-state index contributed by atoms with van der Waals surface area (Å²) in [4.78, 5) is 4.37. The van der Waals surface area contributed by atoms with E-state index in [1.807, 2.05) is 19.9 Å².